The smallest absolute Gasteiger partial charge is 0.339 e. The molecule has 11 aromatic rings. The Morgan fingerprint density at radius 2 is 0.989 bits per heavy atom. The fraction of sp³-hybridized carbons (Fsp3) is 0.329. The summed E-state index contributed by atoms with van der Waals surface area (Å²) in [6.07, 6.45) is 22.1. The van der Waals surface area contributed by atoms with Gasteiger partial charge in [0.25, 0.3) is 5.89 Å². The van der Waals surface area contributed by atoms with Crippen molar-refractivity contribution in [3.05, 3.63) is 211 Å². The van der Waals surface area contributed by atoms with Crippen molar-refractivity contribution < 1.29 is 31.3 Å². The van der Waals surface area contributed by atoms with E-state index in [-0.39, 0.29) is 22.9 Å². The van der Waals surface area contributed by atoms with Crippen LogP contribution in [-0.4, -0.2) is 74.5 Å². The van der Waals surface area contributed by atoms with Crippen molar-refractivity contribution in [1.82, 2.24) is 60.4 Å². The molecule has 0 aliphatic heterocycles. The third-order valence-corrected chi connectivity index (χ3v) is 16.0. The molecule has 4 aromatic carbocycles. The number of hydrogen-bond acceptors (Lipinski definition) is 16. The van der Waals surface area contributed by atoms with Crippen LogP contribution in [0.5, 0.6) is 0 Å². The molecule has 2 aliphatic rings. The van der Waals surface area contributed by atoms with Crippen LogP contribution in [0.3, 0.4) is 0 Å². The Hall–Kier alpha value is -9.36. The Bertz CT molecular complexity index is 3830. The minimum atomic E-state index is -4.52. The van der Waals surface area contributed by atoms with Gasteiger partial charge in [-0.25, -0.2) is 0 Å². The highest BCUT2D eigenvalue weighted by Gasteiger charge is 2.35. The lowest BCUT2D eigenvalue weighted by atomic mass is 9.80. The Labute approximate surface area is 516 Å². The van der Waals surface area contributed by atoms with Crippen molar-refractivity contribution in [3.63, 3.8) is 0 Å². The lowest BCUT2D eigenvalue weighted by molar-refractivity contribution is -0.137. The van der Waals surface area contributed by atoms with E-state index in [9.17, 15) is 13.2 Å². The molecule has 16 nitrogen and oxygen atoms in total. The van der Waals surface area contributed by atoms with E-state index in [0.717, 1.165) is 64.5 Å². The zero-order chi connectivity index (χ0) is 61.8. The maximum atomic E-state index is 13.8. The lowest BCUT2D eigenvalue weighted by Crippen LogP contribution is -2.13. The molecule has 0 spiro atoms. The first-order chi connectivity index (χ1) is 43.5. The fourth-order valence-electron chi connectivity index (χ4n) is 11.2. The van der Waals surface area contributed by atoms with Gasteiger partial charge in [0.1, 0.15) is 0 Å². The summed E-state index contributed by atoms with van der Waals surface area (Å²) in [5.74, 6) is 6.56. The molecule has 0 N–H and O–H groups in total. The fourth-order valence-corrected chi connectivity index (χ4v) is 11.2. The topological polar surface area (TPSA) is 198 Å². The average Bonchev–Trinajstić information content (AvgIpc) is 3.72. The maximum Gasteiger partial charge on any atom is 0.417 e. The van der Waals surface area contributed by atoms with E-state index >= 15 is 0 Å². The largest absolute Gasteiger partial charge is 0.417 e. The third-order valence-electron chi connectivity index (χ3n) is 16.0. The molecule has 0 amide bonds. The van der Waals surface area contributed by atoms with E-state index in [2.05, 4.69) is 86.4 Å². The SMILES string of the molecule is CCC(c1ccccc1)c1nc(-c2ccncc2)no1.CCCCC1CCC(c2nc(-c3ccncc3)no2)CC1.CN(C)Cc1ccc(-c2noc(-c3ccc(-c4ccccc4)c(C(F)(F)F)c3)n2)cc1.c1cc(-c2noc(C3CCCCC3)n2)ccn1. The molecule has 2 fully saturated rings. The minimum absolute atomic E-state index is 0.0393. The summed E-state index contributed by atoms with van der Waals surface area (Å²) in [5.41, 5.74) is 5.97. The summed E-state index contributed by atoms with van der Waals surface area (Å²) in [6, 6.07) is 41.8. The highest BCUT2D eigenvalue weighted by molar-refractivity contribution is 5.72. The molecule has 19 heteroatoms. The van der Waals surface area contributed by atoms with Gasteiger partial charge in [0.15, 0.2) is 0 Å². The molecule has 89 heavy (non-hydrogen) atoms. The maximum absolute atomic E-state index is 13.8. The molecule has 458 valence electrons. The summed E-state index contributed by atoms with van der Waals surface area (Å²) in [5, 5.41) is 16.2. The first-order valence-corrected chi connectivity index (χ1v) is 30.6. The Kier molecular flexibility index (Phi) is 21.8. The highest BCUT2D eigenvalue weighted by atomic mass is 19.4. The van der Waals surface area contributed by atoms with Crippen LogP contribution in [0.15, 0.2) is 195 Å². The van der Waals surface area contributed by atoms with Gasteiger partial charge in [0, 0.05) is 83.4 Å². The van der Waals surface area contributed by atoms with Crippen LogP contribution in [0, 0.1) is 5.92 Å². The number of rotatable bonds is 16. The van der Waals surface area contributed by atoms with Crippen molar-refractivity contribution in [3.8, 4) is 68.1 Å². The Balaban J connectivity index is 0.000000134. The predicted octanol–water partition coefficient (Wildman–Crippen LogP) is 17.6. The zero-order valence-corrected chi connectivity index (χ0v) is 50.6. The van der Waals surface area contributed by atoms with Gasteiger partial charge in [-0.05, 0) is 136 Å². The summed E-state index contributed by atoms with van der Waals surface area (Å²) in [7, 11) is 3.97. The lowest BCUT2D eigenvalue weighted by Gasteiger charge is -2.26. The van der Waals surface area contributed by atoms with Crippen LogP contribution in [0.25, 0.3) is 68.1 Å². The van der Waals surface area contributed by atoms with Crippen molar-refractivity contribution in [2.24, 2.45) is 5.92 Å². The summed E-state index contributed by atoms with van der Waals surface area (Å²) in [6.45, 7) is 5.18. The number of hydrogen-bond donors (Lipinski definition) is 0. The van der Waals surface area contributed by atoms with Gasteiger partial charge in [-0.3, -0.25) is 15.0 Å². The predicted molar refractivity (Wildman–Crippen MR) is 334 cm³/mol. The van der Waals surface area contributed by atoms with Crippen LogP contribution in [-0.2, 0) is 12.7 Å². The van der Waals surface area contributed by atoms with Crippen molar-refractivity contribution in [2.45, 2.75) is 128 Å². The first kappa shape index (κ1) is 62.7. The van der Waals surface area contributed by atoms with Crippen LogP contribution in [0.1, 0.15) is 149 Å². The summed E-state index contributed by atoms with van der Waals surface area (Å²) >= 11 is 0. The molecule has 7 aromatic heterocycles. The summed E-state index contributed by atoms with van der Waals surface area (Å²) in [4.78, 5) is 32.0. The molecule has 1 unspecified atom stereocenters. The van der Waals surface area contributed by atoms with Crippen LogP contribution in [0.4, 0.5) is 13.2 Å². The molecule has 0 saturated heterocycles. The average molecular weight is 1200 g/mol. The van der Waals surface area contributed by atoms with E-state index < -0.39 is 11.7 Å². The molecule has 0 radical (unpaired) electrons. The number of unbranched alkanes of at least 4 members (excludes halogenated alkanes) is 1. The second-order valence-electron chi connectivity index (χ2n) is 22.6. The first-order valence-electron chi connectivity index (χ1n) is 30.6. The molecule has 2 aliphatic carbocycles. The number of benzene rings is 4. The number of alkyl halides is 3. The third kappa shape index (κ3) is 17.2. The second-order valence-corrected chi connectivity index (χ2v) is 22.6. The van der Waals surface area contributed by atoms with Gasteiger partial charge < -0.3 is 23.0 Å². The molecular weight excluding hydrogens is 1130 g/mol. The minimum Gasteiger partial charge on any atom is -0.339 e. The quantitative estimate of drug-likeness (QED) is 0.0884. The number of halogens is 3. The van der Waals surface area contributed by atoms with Gasteiger partial charge in [-0.15, -0.1) is 0 Å². The Morgan fingerprint density at radius 1 is 0.494 bits per heavy atom. The number of aromatic nitrogens is 11. The van der Waals surface area contributed by atoms with Crippen LogP contribution >= 0.6 is 0 Å². The van der Waals surface area contributed by atoms with E-state index in [1.165, 1.54) is 88.7 Å². The molecule has 2 saturated carbocycles. The van der Waals surface area contributed by atoms with Gasteiger partial charge in [0.05, 0.1) is 11.5 Å². The van der Waals surface area contributed by atoms with Gasteiger partial charge in [0.2, 0.25) is 41.0 Å². The molecule has 0 bridgehead atoms. The molecule has 7 heterocycles. The normalized spacial score (nSPS) is 15.4. The molecular formula is C70H73F3N12O4. The van der Waals surface area contributed by atoms with Crippen molar-refractivity contribution in [1.29, 1.82) is 0 Å². The van der Waals surface area contributed by atoms with Crippen LogP contribution in [0.2, 0.25) is 0 Å². The zero-order valence-electron chi connectivity index (χ0n) is 50.6. The Morgan fingerprint density at radius 3 is 1.53 bits per heavy atom. The van der Waals surface area contributed by atoms with Gasteiger partial charge >= 0.3 is 6.18 Å². The standard InChI is InChI=1S/C24H20F3N3O.C17H23N3O.C16H15N3O.C13H15N3O/c1-30(2)15-16-8-10-18(11-9-16)22-28-23(31-29-22)19-12-13-20(17-6-4-3-5-7-17)21(14-19)24(25,26)27;1-2-3-4-13-5-7-15(8-6-13)17-19-16(20-21-17)14-9-11-18-12-10-14;1-2-14(12-6-4-3-5-7-12)16-18-15(19-20-16)13-8-10-17-11-9-13;1-2-4-11(5-3-1)13-15-12(16-17-13)10-6-8-14-9-7-10/h3-14H,15H2,1-2H3;9-13,15H,2-8H2,1H3;3-11,14H,2H2,1H3;6-9,11H,1-5H2. The number of nitrogens with zero attached hydrogens (tertiary/aromatic N) is 12. The molecule has 1 atom stereocenters. The van der Waals surface area contributed by atoms with Gasteiger partial charge in [-0.1, -0.05) is 164 Å². The van der Waals surface area contributed by atoms with Gasteiger partial charge in [-0.2, -0.15) is 33.1 Å². The van der Waals surface area contributed by atoms with E-state index in [1.807, 2.05) is 93.0 Å². The number of pyridine rings is 3. The molecule has 13 rings (SSSR count). The second kappa shape index (κ2) is 31.0. The van der Waals surface area contributed by atoms with E-state index in [0.29, 0.717) is 46.6 Å². The highest BCUT2D eigenvalue weighted by Crippen LogP contribution is 2.41. The van der Waals surface area contributed by atoms with E-state index in [1.54, 1.807) is 73.6 Å². The monoisotopic (exact) mass is 1200 g/mol. The van der Waals surface area contributed by atoms with Crippen molar-refractivity contribution >= 4 is 0 Å². The van der Waals surface area contributed by atoms with Crippen molar-refractivity contribution in [2.75, 3.05) is 14.1 Å². The summed E-state index contributed by atoms with van der Waals surface area (Å²) < 4.78 is 62.9. The van der Waals surface area contributed by atoms with E-state index in [4.69, 9.17) is 18.1 Å². The van der Waals surface area contributed by atoms with Crippen LogP contribution < -0.4 is 0 Å².